The minimum atomic E-state index is 0.00121. The molecule has 0 fully saturated rings. The second-order valence-electron chi connectivity index (χ2n) is 5.56. The molecule has 0 aliphatic heterocycles. The molecule has 1 heterocycles. The smallest absolute Gasteiger partial charge is 0.248 e. The molecule has 24 heavy (non-hydrogen) atoms. The van der Waals surface area contributed by atoms with Gasteiger partial charge in [-0.1, -0.05) is 17.3 Å². The highest BCUT2D eigenvalue weighted by atomic mass is 16.5. The van der Waals surface area contributed by atoms with Gasteiger partial charge in [0.25, 0.3) is 0 Å². The van der Waals surface area contributed by atoms with E-state index in [9.17, 15) is 0 Å². The Hall–Kier alpha value is -2.57. The molecule has 0 amide bonds. The maximum Gasteiger partial charge on any atom is 0.248 e. The zero-order valence-corrected chi connectivity index (χ0v) is 14.7. The van der Waals surface area contributed by atoms with E-state index in [2.05, 4.69) is 25.8 Å². The average Bonchev–Trinajstić information content (AvgIpc) is 2.95. The molecular formula is C17H25N5O2. The minimum Gasteiger partial charge on any atom is -0.489 e. The molecule has 2 aromatic rings. The van der Waals surface area contributed by atoms with Gasteiger partial charge in [-0.25, -0.2) is 4.99 Å². The average molecular weight is 331 g/mol. The number of guanidine groups is 1. The summed E-state index contributed by atoms with van der Waals surface area (Å²) in [6.07, 6.45) is 0.00121. The van der Waals surface area contributed by atoms with Gasteiger partial charge >= 0.3 is 0 Å². The highest BCUT2D eigenvalue weighted by Gasteiger charge is 2.07. The van der Waals surface area contributed by atoms with Gasteiger partial charge in [0.2, 0.25) is 5.89 Å². The highest BCUT2D eigenvalue weighted by molar-refractivity contribution is 5.79. The van der Waals surface area contributed by atoms with Crippen molar-refractivity contribution < 1.29 is 9.26 Å². The van der Waals surface area contributed by atoms with Crippen LogP contribution in [0, 0.1) is 13.8 Å². The van der Waals surface area contributed by atoms with Crippen molar-refractivity contribution in [3.05, 3.63) is 41.5 Å². The standard InChI is InChI=1S/C17H25N5O2/c1-5-18-17(20-11-16-21-14(4)22-24-16)19-10-13(3)23-15-8-6-7-12(2)9-15/h6-9,13H,5,10-11H2,1-4H3,(H2,18,19,20). The molecule has 1 aromatic heterocycles. The van der Waals surface area contributed by atoms with Gasteiger partial charge in [-0.15, -0.1) is 0 Å². The van der Waals surface area contributed by atoms with Crippen LogP contribution in [0.1, 0.15) is 31.1 Å². The Morgan fingerprint density at radius 3 is 2.83 bits per heavy atom. The summed E-state index contributed by atoms with van der Waals surface area (Å²) < 4.78 is 11.0. The second-order valence-corrected chi connectivity index (χ2v) is 5.56. The van der Waals surface area contributed by atoms with E-state index in [1.165, 1.54) is 5.56 Å². The monoisotopic (exact) mass is 331 g/mol. The lowest BCUT2D eigenvalue weighted by Crippen LogP contribution is -2.41. The van der Waals surface area contributed by atoms with Crippen molar-refractivity contribution in [1.29, 1.82) is 0 Å². The minimum absolute atomic E-state index is 0.00121. The SMILES string of the molecule is CCNC(=NCc1nc(C)no1)NCC(C)Oc1cccc(C)c1. The fourth-order valence-electron chi connectivity index (χ4n) is 2.10. The van der Waals surface area contributed by atoms with Crippen LogP contribution in [0.5, 0.6) is 5.75 Å². The number of rotatable bonds is 7. The molecule has 130 valence electrons. The van der Waals surface area contributed by atoms with Crippen molar-refractivity contribution in [2.75, 3.05) is 13.1 Å². The number of benzene rings is 1. The molecule has 1 aromatic carbocycles. The van der Waals surface area contributed by atoms with Gasteiger partial charge < -0.3 is 19.9 Å². The Morgan fingerprint density at radius 2 is 2.17 bits per heavy atom. The fourth-order valence-corrected chi connectivity index (χ4v) is 2.10. The van der Waals surface area contributed by atoms with E-state index in [4.69, 9.17) is 9.26 Å². The van der Waals surface area contributed by atoms with Crippen molar-refractivity contribution in [2.24, 2.45) is 4.99 Å². The van der Waals surface area contributed by atoms with Crippen LogP contribution >= 0.6 is 0 Å². The van der Waals surface area contributed by atoms with E-state index in [0.717, 1.165) is 12.3 Å². The number of aryl methyl sites for hydroxylation is 2. The van der Waals surface area contributed by atoms with Crippen molar-refractivity contribution in [1.82, 2.24) is 20.8 Å². The third-order valence-electron chi connectivity index (χ3n) is 3.17. The molecular weight excluding hydrogens is 306 g/mol. The van der Waals surface area contributed by atoms with Crippen molar-refractivity contribution in [3.63, 3.8) is 0 Å². The first-order chi connectivity index (χ1) is 11.6. The lowest BCUT2D eigenvalue weighted by molar-refractivity contribution is 0.223. The van der Waals surface area contributed by atoms with Crippen molar-refractivity contribution in [3.8, 4) is 5.75 Å². The second kappa shape index (κ2) is 8.90. The van der Waals surface area contributed by atoms with Crippen LogP contribution in [0.25, 0.3) is 0 Å². The number of hydrogen-bond donors (Lipinski definition) is 2. The molecule has 7 heteroatoms. The highest BCUT2D eigenvalue weighted by Crippen LogP contribution is 2.13. The maximum atomic E-state index is 5.90. The fraction of sp³-hybridized carbons (Fsp3) is 0.471. The number of nitrogens with zero attached hydrogens (tertiary/aromatic N) is 3. The van der Waals surface area contributed by atoms with E-state index in [1.54, 1.807) is 6.92 Å². The Bertz CT molecular complexity index is 669. The molecule has 0 bridgehead atoms. The van der Waals surface area contributed by atoms with Crippen molar-refractivity contribution >= 4 is 5.96 Å². The Kier molecular flexibility index (Phi) is 6.60. The lowest BCUT2D eigenvalue weighted by atomic mass is 10.2. The summed E-state index contributed by atoms with van der Waals surface area (Å²) in [6.45, 7) is 9.59. The van der Waals surface area contributed by atoms with Crippen LogP contribution in [-0.2, 0) is 6.54 Å². The van der Waals surface area contributed by atoms with Crippen LogP contribution in [0.4, 0.5) is 0 Å². The molecule has 0 saturated carbocycles. The zero-order chi connectivity index (χ0) is 17.4. The molecule has 7 nitrogen and oxygen atoms in total. The maximum absolute atomic E-state index is 5.90. The van der Waals surface area contributed by atoms with Crippen LogP contribution in [0.15, 0.2) is 33.8 Å². The number of ether oxygens (including phenoxy) is 1. The zero-order valence-electron chi connectivity index (χ0n) is 14.7. The van der Waals surface area contributed by atoms with Gasteiger partial charge in [0.15, 0.2) is 11.8 Å². The van der Waals surface area contributed by atoms with Gasteiger partial charge in [0.1, 0.15) is 18.4 Å². The summed E-state index contributed by atoms with van der Waals surface area (Å²) in [4.78, 5) is 8.57. The summed E-state index contributed by atoms with van der Waals surface area (Å²) in [5, 5.41) is 10.2. The third-order valence-corrected chi connectivity index (χ3v) is 3.17. The Labute approximate surface area is 142 Å². The molecule has 2 rings (SSSR count). The van der Waals surface area contributed by atoms with Gasteiger partial charge in [-0.3, -0.25) is 0 Å². The van der Waals surface area contributed by atoms with E-state index in [-0.39, 0.29) is 6.10 Å². The normalized spacial score (nSPS) is 12.8. The quantitative estimate of drug-likeness (QED) is 0.598. The molecule has 0 spiro atoms. The molecule has 0 radical (unpaired) electrons. The number of aromatic nitrogens is 2. The van der Waals surface area contributed by atoms with Gasteiger partial charge in [0, 0.05) is 6.54 Å². The Morgan fingerprint density at radius 1 is 1.33 bits per heavy atom. The summed E-state index contributed by atoms with van der Waals surface area (Å²) in [7, 11) is 0. The lowest BCUT2D eigenvalue weighted by Gasteiger charge is -2.17. The number of hydrogen-bond acceptors (Lipinski definition) is 5. The summed E-state index contributed by atoms with van der Waals surface area (Å²) in [5.74, 6) is 2.66. The molecule has 0 saturated heterocycles. The van der Waals surface area contributed by atoms with Gasteiger partial charge in [-0.05, 0) is 45.4 Å². The first-order valence-electron chi connectivity index (χ1n) is 8.11. The molecule has 1 unspecified atom stereocenters. The predicted octanol–water partition coefficient (Wildman–Crippen LogP) is 2.21. The van der Waals surface area contributed by atoms with Crippen LogP contribution in [0.3, 0.4) is 0 Å². The van der Waals surface area contributed by atoms with E-state index in [1.807, 2.05) is 45.0 Å². The summed E-state index contributed by atoms with van der Waals surface area (Å²) in [6, 6.07) is 8.02. The summed E-state index contributed by atoms with van der Waals surface area (Å²) in [5.41, 5.74) is 1.18. The van der Waals surface area contributed by atoms with Crippen molar-refractivity contribution in [2.45, 2.75) is 40.3 Å². The number of nitrogens with one attached hydrogen (secondary N) is 2. The summed E-state index contributed by atoms with van der Waals surface area (Å²) >= 11 is 0. The molecule has 0 aliphatic carbocycles. The first-order valence-corrected chi connectivity index (χ1v) is 8.11. The Balaban J connectivity index is 1.85. The van der Waals surface area contributed by atoms with Gasteiger partial charge in [0.05, 0.1) is 6.54 Å². The van der Waals surface area contributed by atoms with E-state index in [0.29, 0.717) is 30.8 Å². The van der Waals surface area contributed by atoms with E-state index >= 15 is 0 Å². The van der Waals surface area contributed by atoms with Crippen LogP contribution in [-0.4, -0.2) is 35.3 Å². The molecule has 1 atom stereocenters. The van der Waals surface area contributed by atoms with E-state index < -0.39 is 0 Å². The van der Waals surface area contributed by atoms with Crippen LogP contribution < -0.4 is 15.4 Å². The molecule has 0 aliphatic rings. The number of aliphatic imine (C=N–C) groups is 1. The topological polar surface area (TPSA) is 84.6 Å². The largest absolute Gasteiger partial charge is 0.489 e. The van der Waals surface area contributed by atoms with Crippen LogP contribution in [0.2, 0.25) is 0 Å². The molecule has 2 N–H and O–H groups in total. The first kappa shape index (κ1) is 17.8. The van der Waals surface area contributed by atoms with Gasteiger partial charge in [-0.2, -0.15) is 4.98 Å². The predicted molar refractivity (Wildman–Crippen MR) is 93.1 cm³/mol. The third kappa shape index (κ3) is 5.91.